The van der Waals surface area contributed by atoms with E-state index in [4.69, 9.17) is 19.9 Å². The SMILES string of the molecule is CCCCCC[C@H](O)CCC[C@H](O)[C@H]1CC[C@H]([C@H]2CC[C@H]([C@H](O)CCCCCCCCCCCCC3=C(N)[C@H](C)OC3=O)O2)O1. The maximum absolute atomic E-state index is 11.8. The first kappa shape index (κ1) is 38.3. The lowest BCUT2D eigenvalue weighted by Gasteiger charge is -2.24. The van der Waals surface area contributed by atoms with E-state index in [-0.39, 0.29) is 42.6 Å². The number of aliphatic hydroxyl groups is 3. The van der Waals surface area contributed by atoms with Crippen LogP contribution in [-0.2, 0) is 19.0 Å². The van der Waals surface area contributed by atoms with Crippen LogP contribution in [0.2, 0.25) is 0 Å². The molecule has 3 rings (SSSR count). The number of rotatable bonds is 25. The number of carbonyl (C=O) groups is 1. The minimum absolute atomic E-state index is 0.0112. The number of ether oxygens (including phenoxy) is 3. The Morgan fingerprint density at radius 1 is 0.667 bits per heavy atom. The number of hydrogen-bond donors (Lipinski definition) is 4. The molecule has 8 heteroatoms. The van der Waals surface area contributed by atoms with Gasteiger partial charge in [0.15, 0.2) is 0 Å². The van der Waals surface area contributed by atoms with Gasteiger partial charge in [0.05, 0.1) is 54.0 Å². The van der Waals surface area contributed by atoms with Gasteiger partial charge < -0.3 is 35.3 Å². The molecular weight excluding hydrogens is 570 g/mol. The van der Waals surface area contributed by atoms with Crippen LogP contribution in [-0.4, -0.2) is 70.1 Å². The highest BCUT2D eigenvalue weighted by Crippen LogP contribution is 2.34. The van der Waals surface area contributed by atoms with Crippen LogP contribution in [0.25, 0.3) is 0 Å². The van der Waals surface area contributed by atoms with Crippen molar-refractivity contribution in [2.75, 3.05) is 0 Å². The van der Waals surface area contributed by atoms with Gasteiger partial charge in [-0.2, -0.15) is 0 Å². The van der Waals surface area contributed by atoms with Crippen LogP contribution < -0.4 is 5.73 Å². The van der Waals surface area contributed by atoms with Crippen molar-refractivity contribution in [1.82, 2.24) is 0 Å². The molecule has 0 aromatic rings. The van der Waals surface area contributed by atoms with Crippen molar-refractivity contribution in [3.05, 3.63) is 11.3 Å². The second-order valence-electron chi connectivity index (χ2n) is 14.2. The second-order valence-corrected chi connectivity index (χ2v) is 14.2. The highest BCUT2D eigenvalue weighted by Gasteiger charge is 2.40. The normalized spacial score (nSPS) is 27.3. The third-order valence-corrected chi connectivity index (χ3v) is 10.4. The van der Waals surface area contributed by atoms with Crippen LogP contribution in [0.4, 0.5) is 0 Å². The summed E-state index contributed by atoms with van der Waals surface area (Å²) in [5, 5.41) is 31.7. The van der Waals surface area contributed by atoms with E-state index < -0.39 is 12.2 Å². The molecule has 2 fully saturated rings. The molecule has 0 saturated carbocycles. The summed E-state index contributed by atoms with van der Waals surface area (Å²) in [5.74, 6) is -0.232. The molecule has 0 amide bonds. The Kier molecular flexibility index (Phi) is 18.4. The highest BCUT2D eigenvalue weighted by molar-refractivity contribution is 5.91. The van der Waals surface area contributed by atoms with Crippen LogP contribution in [0.1, 0.15) is 168 Å². The molecule has 0 bridgehead atoms. The van der Waals surface area contributed by atoms with Gasteiger partial charge in [-0.3, -0.25) is 0 Å². The fourth-order valence-electron chi connectivity index (χ4n) is 7.35. The van der Waals surface area contributed by atoms with Gasteiger partial charge in [0.2, 0.25) is 0 Å². The maximum Gasteiger partial charge on any atom is 0.336 e. The Balaban J connectivity index is 1.14. The summed E-state index contributed by atoms with van der Waals surface area (Å²) >= 11 is 0. The lowest BCUT2D eigenvalue weighted by atomic mass is 9.99. The van der Waals surface area contributed by atoms with Gasteiger partial charge in [-0.25, -0.2) is 4.79 Å². The fraction of sp³-hybridized carbons (Fsp3) is 0.919. The largest absolute Gasteiger partial charge is 0.453 e. The molecule has 0 aliphatic carbocycles. The predicted octanol–water partition coefficient (Wildman–Crippen LogP) is 7.14. The van der Waals surface area contributed by atoms with Crippen LogP contribution in [0, 0.1) is 0 Å². The molecule has 0 spiro atoms. The van der Waals surface area contributed by atoms with E-state index in [1.165, 1.54) is 57.8 Å². The predicted molar refractivity (Wildman–Crippen MR) is 179 cm³/mol. The minimum atomic E-state index is -0.484. The van der Waals surface area contributed by atoms with E-state index >= 15 is 0 Å². The summed E-state index contributed by atoms with van der Waals surface area (Å²) < 4.78 is 17.7. The van der Waals surface area contributed by atoms with Gasteiger partial charge >= 0.3 is 5.97 Å². The number of aliphatic hydroxyl groups excluding tert-OH is 3. The lowest BCUT2D eigenvalue weighted by molar-refractivity contribution is -0.139. The standard InChI is InChI=1S/C37H67NO7/c1-3-4-5-14-18-28(39)19-17-22-31(41)33-24-26-35(45-33)34-25-23-32(44-34)30(40)21-16-13-11-9-7-6-8-10-12-15-20-29-36(38)27(2)43-37(29)42/h27-28,30-35,39-41H,3-26,38H2,1-2H3/t27-,28-,30+,31-,32+,33+,34+,35+/m0/s1. The first-order chi connectivity index (χ1) is 21.8. The van der Waals surface area contributed by atoms with Crippen molar-refractivity contribution in [3.8, 4) is 0 Å². The Morgan fingerprint density at radius 3 is 1.67 bits per heavy atom. The molecule has 45 heavy (non-hydrogen) atoms. The van der Waals surface area contributed by atoms with Gasteiger partial charge in [0, 0.05) is 0 Å². The molecule has 2 saturated heterocycles. The Labute approximate surface area is 273 Å². The molecule has 262 valence electrons. The summed E-state index contributed by atoms with van der Waals surface area (Å²) in [5.41, 5.74) is 7.26. The van der Waals surface area contributed by atoms with Crippen molar-refractivity contribution in [3.63, 3.8) is 0 Å². The van der Waals surface area contributed by atoms with Crippen LogP contribution in [0.5, 0.6) is 0 Å². The number of esters is 1. The quantitative estimate of drug-likeness (QED) is 0.0613. The van der Waals surface area contributed by atoms with Crippen molar-refractivity contribution < 1.29 is 34.3 Å². The number of unbranched alkanes of at least 4 members (excludes halogenated alkanes) is 12. The van der Waals surface area contributed by atoms with E-state index in [1.807, 2.05) is 6.92 Å². The summed E-state index contributed by atoms with van der Waals surface area (Å²) in [6, 6.07) is 0. The molecule has 8 nitrogen and oxygen atoms in total. The Hall–Kier alpha value is -1.19. The number of carbonyl (C=O) groups excluding carboxylic acids is 1. The van der Waals surface area contributed by atoms with Gasteiger partial charge in [-0.15, -0.1) is 0 Å². The zero-order valence-corrected chi connectivity index (χ0v) is 28.6. The number of nitrogens with two attached hydrogens (primary N) is 1. The molecule has 0 aromatic heterocycles. The van der Waals surface area contributed by atoms with Crippen LogP contribution in [0.15, 0.2) is 11.3 Å². The molecule has 0 unspecified atom stereocenters. The number of cyclic esters (lactones) is 1. The number of hydrogen-bond acceptors (Lipinski definition) is 8. The van der Waals surface area contributed by atoms with Gasteiger partial charge in [0.25, 0.3) is 0 Å². The smallest absolute Gasteiger partial charge is 0.336 e. The average molecular weight is 638 g/mol. The summed E-state index contributed by atoms with van der Waals surface area (Å²) in [4.78, 5) is 11.8. The monoisotopic (exact) mass is 637 g/mol. The second kappa shape index (κ2) is 21.6. The summed E-state index contributed by atoms with van der Waals surface area (Å²) in [6.45, 7) is 4.02. The van der Waals surface area contributed by atoms with E-state index in [0.717, 1.165) is 89.9 Å². The Bertz CT molecular complexity index is 851. The van der Waals surface area contributed by atoms with Crippen molar-refractivity contribution in [1.29, 1.82) is 0 Å². The molecular formula is C37H67NO7. The zero-order chi connectivity index (χ0) is 32.4. The molecule has 3 aliphatic heterocycles. The minimum Gasteiger partial charge on any atom is -0.453 e. The maximum atomic E-state index is 11.8. The van der Waals surface area contributed by atoms with Crippen molar-refractivity contribution >= 4 is 5.97 Å². The van der Waals surface area contributed by atoms with E-state index in [1.54, 1.807) is 0 Å². The van der Waals surface area contributed by atoms with Crippen molar-refractivity contribution in [2.24, 2.45) is 5.73 Å². The van der Waals surface area contributed by atoms with E-state index in [9.17, 15) is 20.1 Å². The highest BCUT2D eigenvalue weighted by atomic mass is 16.6. The summed E-state index contributed by atoms with van der Waals surface area (Å²) in [7, 11) is 0. The van der Waals surface area contributed by atoms with Crippen LogP contribution in [0.3, 0.4) is 0 Å². The molecule has 5 N–H and O–H groups in total. The molecule has 0 radical (unpaired) electrons. The molecule has 3 aliphatic rings. The first-order valence-electron chi connectivity index (χ1n) is 18.8. The average Bonchev–Trinajstić information content (AvgIpc) is 3.76. The van der Waals surface area contributed by atoms with Crippen molar-refractivity contribution in [2.45, 2.75) is 217 Å². The first-order valence-corrected chi connectivity index (χ1v) is 18.8. The van der Waals surface area contributed by atoms with E-state index in [2.05, 4.69) is 6.92 Å². The van der Waals surface area contributed by atoms with Gasteiger partial charge in [0.1, 0.15) is 6.10 Å². The lowest BCUT2D eigenvalue weighted by Crippen LogP contribution is -2.33. The van der Waals surface area contributed by atoms with E-state index in [0.29, 0.717) is 17.7 Å². The van der Waals surface area contributed by atoms with Gasteiger partial charge in [-0.05, 0) is 77.6 Å². The van der Waals surface area contributed by atoms with Gasteiger partial charge in [-0.1, -0.05) is 90.4 Å². The molecule has 8 atom stereocenters. The third kappa shape index (κ3) is 13.8. The topological polar surface area (TPSA) is 131 Å². The third-order valence-electron chi connectivity index (χ3n) is 10.4. The summed E-state index contributed by atoms with van der Waals surface area (Å²) in [6.07, 6.45) is 23.0. The molecule has 3 heterocycles. The molecule has 0 aromatic carbocycles. The van der Waals surface area contributed by atoms with Crippen LogP contribution >= 0.6 is 0 Å². The zero-order valence-electron chi connectivity index (χ0n) is 28.6. The Morgan fingerprint density at radius 2 is 1.13 bits per heavy atom. The fourth-order valence-corrected chi connectivity index (χ4v) is 7.35.